The average molecular weight is 335 g/mol. The Balaban J connectivity index is 2.03. The lowest BCUT2D eigenvalue weighted by molar-refractivity contribution is 0.412. The SMILES string of the molecule is COc1cc(C)nc(CN[C@H](C)c2cccc(Br)c2)c1. The number of aromatic nitrogens is 1. The number of benzene rings is 1. The van der Waals surface area contributed by atoms with E-state index in [0.717, 1.165) is 21.6 Å². The molecule has 0 fully saturated rings. The second kappa shape index (κ2) is 6.86. The zero-order valence-corrected chi connectivity index (χ0v) is 13.6. The molecule has 1 atom stereocenters. The first-order valence-electron chi connectivity index (χ1n) is 6.59. The Kier molecular flexibility index (Phi) is 5.15. The van der Waals surface area contributed by atoms with Gasteiger partial charge in [-0.25, -0.2) is 0 Å². The molecular weight excluding hydrogens is 316 g/mol. The number of nitrogens with one attached hydrogen (secondary N) is 1. The second-order valence-corrected chi connectivity index (χ2v) is 5.71. The highest BCUT2D eigenvalue weighted by Gasteiger charge is 2.07. The summed E-state index contributed by atoms with van der Waals surface area (Å²) in [5.41, 5.74) is 3.21. The van der Waals surface area contributed by atoms with Crippen LogP contribution < -0.4 is 10.1 Å². The molecule has 1 aromatic carbocycles. The maximum atomic E-state index is 5.27. The van der Waals surface area contributed by atoms with Gasteiger partial charge < -0.3 is 10.1 Å². The van der Waals surface area contributed by atoms with E-state index in [1.54, 1.807) is 7.11 Å². The van der Waals surface area contributed by atoms with Crippen molar-refractivity contribution >= 4 is 15.9 Å². The Morgan fingerprint density at radius 1 is 1.30 bits per heavy atom. The quantitative estimate of drug-likeness (QED) is 0.896. The smallest absolute Gasteiger partial charge is 0.122 e. The Bertz CT molecular complexity index is 586. The summed E-state index contributed by atoms with van der Waals surface area (Å²) in [5.74, 6) is 0.851. The summed E-state index contributed by atoms with van der Waals surface area (Å²) in [4.78, 5) is 4.51. The predicted molar refractivity (Wildman–Crippen MR) is 84.9 cm³/mol. The molecule has 0 bridgehead atoms. The van der Waals surface area contributed by atoms with Gasteiger partial charge in [-0.15, -0.1) is 0 Å². The van der Waals surface area contributed by atoms with Gasteiger partial charge in [0.1, 0.15) is 5.75 Å². The molecule has 106 valence electrons. The first-order valence-corrected chi connectivity index (χ1v) is 7.38. The van der Waals surface area contributed by atoms with Gasteiger partial charge in [0, 0.05) is 34.9 Å². The van der Waals surface area contributed by atoms with Crippen LogP contribution in [0.4, 0.5) is 0 Å². The van der Waals surface area contributed by atoms with Gasteiger partial charge in [-0.05, 0) is 31.5 Å². The Morgan fingerprint density at radius 2 is 2.10 bits per heavy atom. The van der Waals surface area contributed by atoms with E-state index in [9.17, 15) is 0 Å². The molecule has 20 heavy (non-hydrogen) atoms. The van der Waals surface area contributed by atoms with E-state index in [-0.39, 0.29) is 6.04 Å². The maximum absolute atomic E-state index is 5.27. The number of rotatable bonds is 5. The van der Waals surface area contributed by atoms with Gasteiger partial charge in [0.05, 0.1) is 12.8 Å². The van der Waals surface area contributed by atoms with Crippen LogP contribution in [0.25, 0.3) is 0 Å². The fourth-order valence-electron chi connectivity index (χ4n) is 2.06. The van der Waals surface area contributed by atoms with Crippen LogP contribution in [-0.2, 0) is 6.54 Å². The van der Waals surface area contributed by atoms with E-state index in [1.165, 1.54) is 5.56 Å². The molecule has 0 radical (unpaired) electrons. The highest BCUT2D eigenvalue weighted by atomic mass is 79.9. The van der Waals surface area contributed by atoms with Gasteiger partial charge in [-0.3, -0.25) is 4.98 Å². The van der Waals surface area contributed by atoms with E-state index in [0.29, 0.717) is 6.54 Å². The summed E-state index contributed by atoms with van der Waals surface area (Å²) in [7, 11) is 1.68. The van der Waals surface area contributed by atoms with Crippen LogP contribution in [0.2, 0.25) is 0 Å². The van der Waals surface area contributed by atoms with Crippen molar-refractivity contribution in [2.24, 2.45) is 0 Å². The molecular formula is C16H19BrN2O. The second-order valence-electron chi connectivity index (χ2n) is 4.80. The van der Waals surface area contributed by atoms with Crippen molar-refractivity contribution in [2.75, 3.05) is 7.11 Å². The number of methoxy groups -OCH3 is 1. The molecule has 0 saturated carbocycles. The predicted octanol–water partition coefficient (Wildman–Crippen LogP) is 4.01. The third kappa shape index (κ3) is 4.05. The van der Waals surface area contributed by atoms with Crippen molar-refractivity contribution in [1.29, 1.82) is 0 Å². The molecule has 0 aliphatic carbocycles. The molecule has 1 aromatic heterocycles. The summed E-state index contributed by atoms with van der Waals surface area (Å²) >= 11 is 3.50. The van der Waals surface area contributed by atoms with Gasteiger partial charge in [0.25, 0.3) is 0 Å². The van der Waals surface area contributed by atoms with Crippen molar-refractivity contribution in [3.8, 4) is 5.75 Å². The van der Waals surface area contributed by atoms with E-state index < -0.39 is 0 Å². The van der Waals surface area contributed by atoms with E-state index >= 15 is 0 Å². The molecule has 0 aliphatic heterocycles. The van der Waals surface area contributed by atoms with E-state index in [4.69, 9.17) is 4.74 Å². The number of aryl methyl sites for hydroxylation is 1. The van der Waals surface area contributed by atoms with Crippen molar-refractivity contribution in [1.82, 2.24) is 10.3 Å². The first kappa shape index (κ1) is 15.0. The molecule has 4 heteroatoms. The standard InChI is InChI=1S/C16H19BrN2O/c1-11-7-16(20-3)9-15(19-11)10-18-12(2)13-5-4-6-14(17)8-13/h4-9,12,18H,10H2,1-3H3/t12-/m1/s1. The normalized spacial score (nSPS) is 12.2. The van der Waals surface area contributed by atoms with Gasteiger partial charge in [0.2, 0.25) is 0 Å². The molecule has 0 saturated heterocycles. The zero-order chi connectivity index (χ0) is 14.5. The summed E-state index contributed by atoms with van der Waals surface area (Å²) in [6, 6.07) is 12.5. The molecule has 0 amide bonds. The fraction of sp³-hybridized carbons (Fsp3) is 0.312. The van der Waals surface area contributed by atoms with E-state index in [1.807, 2.05) is 31.2 Å². The zero-order valence-electron chi connectivity index (χ0n) is 12.0. The number of hydrogen-bond acceptors (Lipinski definition) is 3. The molecule has 2 aromatic rings. The summed E-state index contributed by atoms with van der Waals surface area (Å²) in [6.45, 7) is 4.84. The average Bonchev–Trinajstić information content (AvgIpc) is 2.44. The largest absolute Gasteiger partial charge is 0.497 e. The van der Waals surface area contributed by atoms with Crippen molar-refractivity contribution in [3.05, 3.63) is 57.8 Å². The van der Waals surface area contributed by atoms with Gasteiger partial charge >= 0.3 is 0 Å². The summed E-state index contributed by atoms with van der Waals surface area (Å²) < 4.78 is 6.37. The van der Waals surface area contributed by atoms with Crippen molar-refractivity contribution in [2.45, 2.75) is 26.4 Å². The van der Waals surface area contributed by atoms with Crippen LogP contribution in [0.15, 0.2) is 40.9 Å². The van der Waals surface area contributed by atoms with Gasteiger partial charge in [-0.2, -0.15) is 0 Å². The fourth-order valence-corrected chi connectivity index (χ4v) is 2.48. The number of nitrogens with zero attached hydrogens (tertiary/aromatic N) is 1. The first-order chi connectivity index (χ1) is 9.58. The lowest BCUT2D eigenvalue weighted by atomic mass is 10.1. The molecule has 1 N–H and O–H groups in total. The van der Waals surface area contributed by atoms with Gasteiger partial charge in [0.15, 0.2) is 0 Å². The molecule has 0 aliphatic rings. The minimum atomic E-state index is 0.265. The van der Waals surface area contributed by atoms with Crippen molar-refractivity contribution in [3.63, 3.8) is 0 Å². The minimum absolute atomic E-state index is 0.265. The van der Waals surface area contributed by atoms with Crippen LogP contribution in [0.1, 0.15) is 29.9 Å². The molecule has 0 spiro atoms. The Labute approximate surface area is 128 Å². The van der Waals surface area contributed by atoms with Crippen molar-refractivity contribution < 1.29 is 4.74 Å². The lowest BCUT2D eigenvalue weighted by Crippen LogP contribution is -2.19. The summed E-state index contributed by atoms with van der Waals surface area (Å²) in [6.07, 6.45) is 0. The number of pyridine rings is 1. The highest BCUT2D eigenvalue weighted by molar-refractivity contribution is 9.10. The number of ether oxygens (including phenoxy) is 1. The van der Waals surface area contributed by atoms with Crippen LogP contribution in [0, 0.1) is 6.92 Å². The molecule has 0 unspecified atom stereocenters. The van der Waals surface area contributed by atoms with Gasteiger partial charge in [-0.1, -0.05) is 28.1 Å². The monoisotopic (exact) mass is 334 g/mol. The minimum Gasteiger partial charge on any atom is -0.497 e. The van der Waals surface area contributed by atoms with Crippen LogP contribution in [-0.4, -0.2) is 12.1 Å². The third-order valence-electron chi connectivity index (χ3n) is 3.15. The Hall–Kier alpha value is -1.39. The number of hydrogen-bond donors (Lipinski definition) is 1. The molecule has 1 heterocycles. The topological polar surface area (TPSA) is 34.1 Å². The van der Waals surface area contributed by atoms with Crippen LogP contribution >= 0.6 is 15.9 Å². The Morgan fingerprint density at radius 3 is 2.80 bits per heavy atom. The lowest BCUT2D eigenvalue weighted by Gasteiger charge is -2.15. The van der Waals surface area contributed by atoms with Crippen LogP contribution in [0.3, 0.4) is 0 Å². The third-order valence-corrected chi connectivity index (χ3v) is 3.65. The van der Waals surface area contributed by atoms with Crippen LogP contribution in [0.5, 0.6) is 5.75 Å². The molecule has 3 nitrogen and oxygen atoms in total. The summed E-state index contributed by atoms with van der Waals surface area (Å²) in [5, 5.41) is 3.48. The number of halogens is 1. The maximum Gasteiger partial charge on any atom is 0.122 e. The van der Waals surface area contributed by atoms with E-state index in [2.05, 4.69) is 45.3 Å². The molecule has 2 rings (SSSR count). The highest BCUT2D eigenvalue weighted by Crippen LogP contribution is 2.19.